The SMILES string of the molecule is COC1=CC(=O)C(OC)=C(CCCCCCCCC2=C(OC)C(=O)C=C(OC)C2=O)C1=O. The molecule has 174 valence electrons. The number of rotatable bonds is 13. The number of ketones is 4. The average Bonchev–Trinajstić information content (AvgIpc) is 2.79. The number of carbonyl (C=O) groups excluding carboxylic acids is 4. The van der Waals surface area contributed by atoms with Gasteiger partial charge in [-0.25, -0.2) is 0 Å². The number of hydrogen-bond donors (Lipinski definition) is 0. The molecule has 0 radical (unpaired) electrons. The Labute approximate surface area is 187 Å². The van der Waals surface area contributed by atoms with E-state index in [9.17, 15) is 19.2 Å². The summed E-state index contributed by atoms with van der Waals surface area (Å²) in [6.45, 7) is 0. The largest absolute Gasteiger partial charge is 0.493 e. The Bertz CT molecular complexity index is 827. The van der Waals surface area contributed by atoms with Crippen LogP contribution in [0.4, 0.5) is 0 Å². The van der Waals surface area contributed by atoms with Gasteiger partial charge >= 0.3 is 0 Å². The van der Waals surface area contributed by atoms with Crippen LogP contribution in [0, 0.1) is 0 Å². The first kappa shape index (κ1) is 25.1. The molecule has 2 rings (SSSR count). The van der Waals surface area contributed by atoms with E-state index < -0.39 is 0 Å². The third-order valence-electron chi connectivity index (χ3n) is 5.47. The highest BCUT2D eigenvalue weighted by Gasteiger charge is 2.30. The molecule has 0 fully saturated rings. The molecule has 0 aromatic carbocycles. The number of hydrogen-bond acceptors (Lipinski definition) is 8. The zero-order valence-corrected chi connectivity index (χ0v) is 19.1. The normalized spacial score (nSPS) is 16.9. The van der Waals surface area contributed by atoms with E-state index in [4.69, 9.17) is 18.9 Å². The second-order valence-electron chi connectivity index (χ2n) is 7.46. The number of methoxy groups -OCH3 is 4. The molecule has 0 saturated heterocycles. The molecule has 32 heavy (non-hydrogen) atoms. The minimum atomic E-state index is -0.356. The standard InChI is InChI=1S/C24H30O8/c1-29-19-13-17(25)23(31-3)15(21(19)27)11-9-7-5-6-8-10-12-16-22(28)20(30-2)14-18(26)24(16)32-4/h13-14H,5-12H2,1-4H3. The quantitative estimate of drug-likeness (QED) is 0.314. The predicted molar refractivity (Wildman–Crippen MR) is 115 cm³/mol. The second-order valence-corrected chi connectivity index (χ2v) is 7.46. The summed E-state index contributed by atoms with van der Waals surface area (Å²) in [7, 11) is 5.49. The van der Waals surface area contributed by atoms with Crippen LogP contribution in [0.1, 0.15) is 51.4 Å². The zero-order valence-electron chi connectivity index (χ0n) is 19.1. The summed E-state index contributed by atoms with van der Waals surface area (Å²) >= 11 is 0. The Hall–Kier alpha value is -3.16. The zero-order chi connectivity index (χ0) is 23.7. The summed E-state index contributed by atoms with van der Waals surface area (Å²) in [4.78, 5) is 48.9. The number of carbonyl (C=O) groups is 4. The molecular formula is C24H30O8. The molecule has 0 aliphatic heterocycles. The van der Waals surface area contributed by atoms with Crippen LogP contribution in [-0.2, 0) is 38.1 Å². The van der Waals surface area contributed by atoms with Crippen LogP contribution in [0.5, 0.6) is 0 Å². The van der Waals surface area contributed by atoms with E-state index in [0.29, 0.717) is 24.0 Å². The Morgan fingerprint density at radius 1 is 0.531 bits per heavy atom. The molecule has 2 aliphatic rings. The maximum atomic E-state index is 12.4. The van der Waals surface area contributed by atoms with Gasteiger partial charge in [0.1, 0.15) is 0 Å². The van der Waals surface area contributed by atoms with Crippen molar-refractivity contribution in [3.05, 3.63) is 46.3 Å². The lowest BCUT2D eigenvalue weighted by Gasteiger charge is -2.17. The van der Waals surface area contributed by atoms with Crippen molar-refractivity contribution in [3.63, 3.8) is 0 Å². The van der Waals surface area contributed by atoms with E-state index >= 15 is 0 Å². The smallest absolute Gasteiger partial charge is 0.227 e. The minimum absolute atomic E-state index is 0.0396. The molecule has 0 unspecified atom stereocenters. The fourth-order valence-electron chi connectivity index (χ4n) is 3.82. The molecule has 0 spiro atoms. The van der Waals surface area contributed by atoms with Crippen molar-refractivity contribution in [1.82, 2.24) is 0 Å². The van der Waals surface area contributed by atoms with E-state index in [1.807, 2.05) is 0 Å². The Balaban J connectivity index is 1.76. The molecule has 8 heteroatoms. The van der Waals surface area contributed by atoms with E-state index in [2.05, 4.69) is 0 Å². The summed E-state index contributed by atoms with van der Waals surface area (Å²) in [6.07, 6.45) is 8.34. The summed E-state index contributed by atoms with van der Waals surface area (Å²) in [6, 6.07) is 0. The molecule has 0 N–H and O–H groups in total. The lowest BCUT2D eigenvalue weighted by Crippen LogP contribution is -2.21. The van der Waals surface area contributed by atoms with Crippen LogP contribution in [0.3, 0.4) is 0 Å². The number of ether oxygens (including phenoxy) is 4. The maximum absolute atomic E-state index is 12.4. The lowest BCUT2D eigenvalue weighted by atomic mass is 9.93. The lowest BCUT2D eigenvalue weighted by molar-refractivity contribution is -0.120. The summed E-state index contributed by atoms with van der Waals surface area (Å²) < 4.78 is 20.2. The highest BCUT2D eigenvalue weighted by molar-refractivity contribution is 6.21. The van der Waals surface area contributed by atoms with Crippen molar-refractivity contribution in [2.45, 2.75) is 51.4 Å². The van der Waals surface area contributed by atoms with E-state index in [0.717, 1.165) is 50.7 Å². The first-order valence-electron chi connectivity index (χ1n) is 10.6. The second kappa shape index (κ2) is 12.0. The topological polar surface area (TPSA) is 105 Å². The van der Waals surface area contributed by atoms with Gasteiger partial charge in [0.15, 0.2) is 23.0 Å². The fraction of sp³-hybridized carbons (Fsp3) is 0.500. The van der Waals surface area contributed by atoms with Crippen molar-refractivity contribution in [2.75, 3.05) is 28.4 Å². The molecule has 2 aliphatic carbocycles. The van der Waals surface area contributed by atoms with Gasteiger partial charge in [0, 0.05) is 23.3 Å². The average molecular weight is 446 g/mol. The van der Waals surface area contributed by atoms with Crippen molar-refractivity contribution < 1.29 is 38.1 Å². The highest BCUT2D eigenvalue weighted by atomic mass is 16.5. The van der Waals surface area contributed by atoms with Gasteiger partial charge in [-0.3, -0.25) is 19.2 Å². The molecular weight excluding hydrogens is 416 g/mol. The van der Waals surface area contributed by atoms with Gasteiger partial charge < -0.3 is 18.9 Å². The van der Waals surface area contributed by atoms with Gasteiger partial charge in [0.25, 0.3) is 0 Å². The number of allylic oxidation sites excluding steroid dienone is 4. The van der Waals surface area contributed by atoms with Crippen LogP contribution in [0.15, 0.2) is 46.3 Å². The van der Waals surface area contributed by atoms with Crippen LogP contribution >= 0.6 is 0 Å². The molecule has 0 amide bonds. The van der Waals surface area contributed by atoms with Gasteiger partial charge in [-0.1, -0.05) is 25.7 Å². The molecule has 0 heterocycles. The van der Waals surface area contributed by atoms with Gasteiger partial charge in [0.05, 0.1) is 28.4 Å². The van der Waals surface area contributed by atoms with Gasteiger partial charge in [-0.2, -0.15) is 0 Å². The molecule has 0 atom stereocenters. The van der Waals surface area contributed by atoms with Crippen LogP contribution < -0.4 is 0 Å². The molecule has 0 aromatic rings. The Kier molecular flexibility index (Phi) is 9.43. The van der Waals surface area contributed by atoms with Crippen molar-refractivity contribution in [3.8, 4) is 0 Å². The first-order chi connectivity index (χ1) is 15.4. The highest BCUT2D eigenvalue weighted by Crippen LogP contribution is 2.27. The maximum Gasteiger partial charge on any atom is 0.227 e. The molecule has 0 saturated carbocycles. The van der Waals surface area contributed by atoms with Crippen molar-refractivity contribution in [2.24, 2.45) is 0 Å². The molecule has 8 nitrogen and oxygen atoms in total. The van der Waals surface area contributed by atoms with Gasteiger partial charge in [-0.15, -0.1) is 0 Å². The van der Waals surface area contributed by atoms with E-state index in [1.165, 1.54) is 28.4 Å². The van der Waals surface area contributed by atoms with Crippen molar-refractivity contribution in [1.29, 1.82) is 0 Å². The Morgan fingerprint density at radius 3 is 1.19 bits per heavy atom. The summed E-state index contributed by atoms with van der Waals surface area (Å²) in [5, 5.41) is 0. The number of Topliss-reactive ketones (excluding diaryl/α,β-unsaturated/α-hetero) is 2. The molecule has 0 bridgehead atoms. The van der Waals surface area contributed by atoms with E-state index in [1.54, 1.807) is 0 Å². The van der Waals surface area contributed by atoms with Crippen LogP contribution in [0.2, 0.25) is 0 Å². The van der Waals surface area contributed by atoms with E-state index in [-0.39, 0.29) is 46.2 Å². The summed E-state index contributed by atoms with van der Waals surface area (Å²) in [5.74, 6) is -1.06. The fourth-order valence-corrected chi connectivity index (χ4v) is 3.82. The monoisotopic (exact) mass is 446 g/mol. The van der Waals surface area contributed by atoms with Crippen LogP contribution in [-0.4, -0.2) is 51.6 Å². The minimum Gasteiger partial charge on any atom is -0.493 e. The Morgan fingerprint density at radius 2 is 0.875 bits per heavy atom. The number of unbranched alkanes of at least 4 members (excludes halogenated alkanes) is 5. The van der Waals surface area contributed by atoms with Gasteiger partial charge in [-0.05, 0) is 25.7 Å². The molecule has 0 aromatic heterocycles. The predicted octanol–water partition coefficient (Wildman–Crippen LogP) is 3.27. The third-order valence-corrected chi connectivity index (χ3v) is 5.47. The summed E-state index contributed by atoms with van der Waals surface area (Å²) in [5.41, 5.74) is 0.719. The van der Waals surface area contributed by atoms with Gasteiger partial charge in [0.2, 0.25) is 23.1 Å². The first-order valence-corrected chi connectivity index (χ1v) is 10.6. The van der Waals surface area contributed by atoms with Crippen LogP contribution in [0.25, 0.3) is 0 Å². The van der Waals surface area contributed by atoms with Crippen molar-refractivity contribution >= 4 is 23.1 Å². The third kappa shape index (κ3) is 5.75.